The summed E-state index contributed by atoms with van der Waals surface area (Å²) in [6.07, 6.45) is 0.806. The number of methoxy groups -OCH3 is 1. The van der Waals surface area contributed by atoms with E-state index < -0.39 is 17.3 Å². The molecular weight excluding hydrogens is 292 g/mol. The number of nitrogens with one attached hydrogen (secondary N) is 1. The predicted octanol–water partition coefficient (Wildman–Crippen LogP) is 3.52. The van der Waals surface area contributed by atoms with Crippen LogP contribution in [0.25, 0.3) is 0 Å². The Morgan fingerprint density at radius 3 is 2.58 bits per heavy atom. The molecule has 0 aliphatic heterocycles. The lowest BCUT2D eigenvalue weighted by atomic mass is 9.91. The van der Waals surface area contributed by atoms with Crippen LogP contribution in [0.4, 0.5) is 4.39 Å². The fourth-order valence-electron chi connectivity index (χ4n) is 1.76. The minimum absolute atomic E-state index is 0.0866. The molecular formula is C13H16Cl2FNO2. The van der Waals surface area contributed by atoms with E-state index in [0.29, 0.717) is 12.1 Å². The molecule has 1 aromatic carbocycles. The van der Waals surface area contributed by atoms with Crippen molar-refractivity contribution < 1.29 is 13.9 Å². The number of ether oxygens (including phenoxy) is 1. The lowest BCUT2D eigenvalue weighted by Crippen LogP contribution is -2.48. The summed E-state index contributed by atoms with van der Waals surface area (Å²) >= 11 is 11.7. The van der Waals surface area contributed by atoms with E-state index in [4.69, 9.17) is 27.9 Å². The third-order valence-corrected chi connectivity index (χ3v) is 3.47. The van der Waals surface area contributed by atoms with Crippen molar-refractivity contribution in [3.63, 3.8) is 0 Å². The molecule has 0 heterocycles. The van der Waals surface area contributed by atoms with Gasteiger partial charge in [-0.2, -0.15) is 0 Å². The summed E-state index contributed by atoms with van der Waals surface area (Å²) in [4.78, 5) is 12.0. The second-order valence-electron chi connectivity index (χ2n) is 4.29. The quantitative estimate of drug-likeness (QED) is 0.668. The lowest BCUT2D eigenvalue weighted by Gasteiger charge is -2.29. The first-order valence-corrected chi connectivity index (χ1v) is 6.60. The number of carbonyl (C=O) groups excluding carboxylic acids is 1. The smallest absolute Gasteiger partial charge is 0.330 e. The molecule has 1 aromatic rings. The van der Waals surface area contributed by atoms with Crippen molar-refractivity contribution in [3.8, 4) is 0 Å². The zero-order valence-corrected chi connectivity index (χ0v) is 12.5. The highest BCUT2D eigenvalue weighted by Gasteiger charge is 2.38. The van der Waals surface area contributed by atoms with Gasteiger partial charge in [0.1, 0.15) is 11.4 Å². The molecule has 1 unspecified atom stereocenters. The van der Waals surface area contributed by atoms with Crippen molar-refractivity contribution in [1.29, 1.82) is 0 Å². The third kappa shape index (κ3) is 3.38. The summed E-state index contributed by atoms with van der Waals surface area (Å²) in [5, 5.41) is 3.16. The van der Waals surface area contributed by atoms with E-state index in [2.05, 4.69) is 5.32 Å². The molecule has 3 nitrogen and oxygen atoms in total. The molecule has 0 spiro atoms. The van der Waals surface area contributed by atoms with Gasteiger partial charge in [-0.15, -0.1) is 0 Å². The Balaban J connectivity index is 3.32. The maximum atomic E-state index is 13.6. The summed E-state index contributed by atoms with van der Waals surface area (Å²) in [5.74, 6) is -1.17. The molecule has 0 radical (unpaired) electrons. The van der Waals surface area contributed by atoms with Gasteiger partial charge in [-0.3, -0.25) is 5.32 Å². The minimum atomic E-state index is -1.22. The van der Waals surface area contributed by atoms with Gasteiger partial charge in [0.25, 0.3) is 0 Å². The molecule has 106 valence electrons. The molecule has 0 saturated carbocycles. The monoisotopic (exact) mass is 307 g/mol. The van der Waals surface area contributed by atoms with E-state index in [1.165, 1.54) is 13.2 Å². The molecule has 6 heteroatoms. The number of hydrogen-bond acceptors (Lipinski definition) is 3. The highest BCUT2D eigenvalue weighted by molar-refractivity contribution is 6.35. The van der Waals surface area contributed by atoms with Crippen molar-refractivity contribution in [3.05, 3.63) is 33.6 Å². The van der Waals surface area contributed by atoms with Gasteiger partial charge >= 0.3 is 5.97 Å². The van der Waals surface area contributed by atoms with Crippen LogP contribution in [0.15, 0.2) is 12.1 Å². The molecule has 0 saturated heterocycles. The number of benzene rings is 1. The van der Waals surface area contributed by atoms with Gasteiger partial charge in [0, 0.05) is 10.6 Å². The van der Waals surface area contributed by atoms with Crippen molar-refractivity contribution in [2.45, 2.75) is 25.8 Å². The van der Waals surface area contributed by atoms with Gasteiger partial charge < -0.3 is 4.74 Å². The van der Waals surface area contributed by atoms with E-state index in [1.54, 1.807) is 6.92 Å². The first-order valence-electron chi connectivity index (χ1n) is 5.85. The average molecular weight is 308 g/mol. The number of hydrogen-bond donors (Lipinski definition) is 1. The Kier molecular flexibility index (Phi) is 5.59. The van der Waals surface area contributed by atoms with Crippen LogP contribution in [0.2, 0.25) is 10.0 Å². The zero-order valence-electron chi connectivity index (χ0n) is 11.0. The lowest BCUT2D eigenvalue weighted by molar-refractivity contribution is -0.148. The molecule has 1 N–H and O–H groups in total. The summed E-state index contributed by atoms with van der Waals surface area (Å²) in [6, 6.07) is 2.44. The van der Waals surface area contributed by atoms with Gasteiger partial charge in [-0.1, -0.05) is 30.1 Å². The highest BCUT2D eigenvalue weighted by atomic mass is 35.5. The highest BCUT2D eigenvalue weighted by Crippen LogP contribution is 2.33. The van der Waals surface area contributed by atoms with Gasteiger partial charge in [0.05, 0.1) is 12.1 Å². The Bertz CT molecular complexity index is 482. The topological polar surface area (TPSA) is 38.3 Å². The van der Waals surface area contributed by atoms with E-state index in [-0.39, 0.29) is 10.0 Å². The normalized spacial score (nSPS) is 14.0. The number of carbonyl (C=O) groups is 1. The van der Waals surface area contributed by atoms with Gasteiger partial charge in [0.15, 0.2) is 0 Å². The second kappa shape index (κ2) is 6.55. The van der Waals surface area contributed by atoms with Crippen LogP contribution in [-0.2, 0) is 15.1 Å². The van der Waals surface area contributed by atoms with Crippen LogP contribution in [-0.4, -0.2) is 19.6 Å². The molecule has 0 bridgehead atoms. The van der Waals surface area contributed by atoms with Gasteiger partial charge in [0.2, 0.25) is 0 Å². The molecule has 0 aliphatic carbocycles. The maximum Gasteiger partial charge on any atom is 0.330 e. The average Bonchev–Trinajstić information content (AvgIpc) is 2.39. The number of halogens is 3. The van der Waals surface area contributed by atoms with Gasteiger partial charge in [-0.05, 0) is 32.0 Å². The van der Waals surface area contributed by atoms with Crippen molar-refractivity contribution in [2.75, 3.05) is 13.7 Å². The first kappa shape index (κ1) is 16.2. The van der Waals surface area contributed by atoms with Crippen LogP contribution in [0.5, 0.6) is 0 Å². The summed E-state index contributed by atoms with van der Waals surface area (Å²) in [5.41, 5.74) is -0.913. The Labute approximate surface area is 122 Å². The molecule has 0 amide bonds. The second-order valence-corrected chi connectivity index (χ2v) is 5.10. The Hall–Kier alpha value is -0.840. The van der Waals surface area contributed by atoms with E-state index in [0.717, 1.165) is 12.5 Å². The van der Waals surface area contributed by atoms with Crippen LogP contribution >= 0.6 is 23.2 Å². The number of rotatable bonds is 5. The Morgan fingerprint density at radius 1 is 1.42 bits per heavy atom. The molecule has 0 aliphatic rings. The van der Waals surface area contributed by atoms with Crippen molar-refractivity contribution in [2.24, 2.45) is 0 Å². The fourth-order valence-corrected chi connectivity index (χ4v) is 2.33. The molecule has 19 heavy (non-hydrogen) atoms. The largest absolute Gasteiger partial charge is 0.467 e. The maximum absolute atomic E-state index is 13.6. The summed E-state index contributed by atoms with van der Waals surface area (Å²) in [7, 11) is 1.27. The molecule has 1 rings (SSSR count). The van der Waals surface area contributed by atoms with Crippen LogP contribution in [0.1, 0.15) is 25.8 Å². The van der Waals surface area contributed by atoms with Crippen LogP contribution < -0.4 is 5.32 Å². The van der Waals surface area contributed by atoms with E-state index >= 15 is 0 Å². The first-order chi connectivity index (χ1) is 8.86. The molecule has 0 aromatic heterocycles. The molecule has 1 atom stereocenters. The van der Waals surface area contributed by atoms with Crippen LogP contribution in [0, 0.1) is 5.82 Å². The zero-order chi connectivity index (χ0) is 14.6. The standard InChI is InChI=1S/C13H16Cl2FNO2/c1-4-5-17-13(2,12(18)19-3)8-6-11(16)10(15)7-9(8)14/h6-7,17H,4-5H2,1-3H3. The van der Waals surface area contributed by atoms with Crippen LogP contribution in [0.3, 0.4) is 0 Å². The van der Waals surface area contributed by atoms with Crippen molar-refractivity contribution in [1.82, 2.24) is 5.32 Å². The van der Waals surface area contributed by atoms with E-state index in [1.807, 2.05) is 6.92 Å². The summed E-state index contributed by atoms with van der Waals surface area (Å²) < 4.78 is 18.4. The SMILES string of the molecule is CCCNC(C)(C(=O)OC)c1cc(F)c(Cl)cc1Cl. The number of esters is 1. The van der Waals surface area contributed by atoms with Crippen molar-refractivity contribution >= 4 is 29.2 Å². The third-order valence-electron chi connectivity index (χ3n) is 2.87. The predicted molar refractivity (Wildman–Crippen MR) is 74.1 cm³/mol. The minimum Gasteiger partial charge on any atom is -0.467 e. The Morgan fingerprint density at radius 2 is 2.05 bits per heavy atom. The van der Waals surface area contributed by atoms with Gasteiger partial charge in [-0.25, -0.2) is 9.18 Å². The summed E-state index contributed by atoms with van der Waals surface area (Å²) in [6.45, 7) is 4.12. The molecule has 0 fully saturated rings. The fraction of sp³-hybridized carbons (Fsp3) is 0.462. The van der Waals surface area contributed by atoms with E-state index in [9.17, 15) is 9.18 Å².